The molecule has 1 saturated carbocycles. The van der Waals surface area contributed by atoms with Crippen molar-refractivity contribution < 1.29 is 9.90 Å². The topological polar surface area (TPSA) is 75.3 Å². The van der Waals surface area contributed by atoms with E-state index >= 15 is 0 Å². The number of aromatic carboxylic acids is 1. The molecule has 4 N–H and O–H groups in total. The van der Waals surface area contributed by atoms with Gasteiger partial charge >= 0.3 is 5.97 Å². The Labute approximate surface area is 120 Å². The zero-order valence-corrected chi connectivity index (χ0v) is 12.1. The van der Waals surface area contributed by atoms with Gasteiger partial charge in [-0.1, -0.05) is 38.7 Å². The number of hydrogen-bond acceptors (Lipinski definition) is 3. The van der Waals surface area contributed by atoms with Crippen molar-refractivity contribution >= 4 is 17.3 Å². The van der Waals surface area contributed by atoms with Crippen LogP contribution in [-0.2, 0) is 0 Å². The summed E-state index contributed by atoms with van der Waals surface area (Å²) >= 11 is 0. The number of nitrogens with one attached hydrogen (secondary N) is 1. The maximum Gasteiger partial charge on any atom is 0.337 e. The van der Waals surface area contributed by atoms with Crippen molar-refractivity contribution in [3.8, 4) is 0 Å². The molecule has 1 aromatic carbocycles. The average molecular weight is 276 g/mol. The van der Waals surface area contributed by atoms with E-state index < -0.39 is 5.97 Å². The highest BCUT2D eigenvalue weighted by atomic mass is 16.4. The predicted molar refractivity (Wildman–Crippen MR) is 82.0 cm³/mol. The minimum absolute atomic E-state index is 0.252. The minimum Gasteiger partial charge on any atom is -0.478 e. The fraction of sp³-hybridized carbons (Fsp3) is 0.562. The lowest BCUT2D eigenvalue weighted by atomic mass is 9.81. The van der Waals surface area contributed by atoms with Gasteiger partial charge in [-0.3, -0.25) is 0 Å². The minimum atomic E-state index is -0.939. The molecule has 1 fully saturated rings. The van der Waals surface area contributed by atoms with E-state index in [-0.39, 0.29) is 5.56 Å². The first kappa shape index (κ1) is 14.7. The summed E-state index contributed by atoms with van der Waals surface area (Å²) in [7, 11) is 0. The lowest BCUT2D eigenvalue weighted by Crippen LogP contribution is -2.17. The molecule has 0 heterocycles. The number of carbonyl (C=O) groups is 1. The van der Waals surface area contributed by atoms with Gasteiger partial charge in [0.25, 0.3) is 0 Å². The molecule has 20 heavy (non-hydrogen) atoms. The van der Waals surface area contributed by atoms with Gasteiger partial charge in [0.05, 0.1) is 16.9 Å². The first-order chi connectivity index (χ1) is 9.58. The third kappa shape index (κ3) is 3.65. The first-order valence-corrected chi connectivity index (χ1v) is 7.43. The third-order valence-electron chi connectivity index (χ3n) is 4.32. The van der Waals surface area contributed by atoms with Gasteiger partial charge in [-0.25, -0.2) is 4.79 Å². The van der Waals surface area contributed by atoms with Crippen LogP contribution in [0.1, 0.15) is 49.4 Å². The molecule has 0 radical (unpaired) electrons. The van der Waals surface area contributed by atoms with Gasteiger partial charge in [0, 0.05) is 6.54 Å². The van der Waals surface area contributed by atoms with Crippen molar-refractivity contribution in [1.82, 2.24) is 0 Å². The number of nitrogen functional groups attached to an aromatic ring is 1. The Kier molecular flexibility index (Phi) is 4.88. The molecule has 0 unspecified atom stereocenters. The van der Waals surface area contributed by atoms with Gasteiger partial charge in [-0.15, -0.1) is 0 Å². The normalized spacial score (nSPS) is 22.4. The molecule has 0 atom stereocenters. The van der Waals surface area contributed by atoms with Crippen LogP contribution in [0.3, 0.4) is 0 Å². The van der Waals surface area contributed by atoms with Crippen molar-refractivity contribution in [2.24, 2.45) is 11.8 Å². The van der Waals surface area contributed by atoms with Crippen LogP contribution < -0.4 is 11.1 Å². The Morgan fingerprint density at radius 3 is 2.70 bits per heavy atom. The summed E-state index contributed by atoms with van der Waals surface area (Å²) in [6.45, 7) is 3.10. The Hall–Kier alpha value is -1.71. The molecule has 1 aliphatic rings. The smallest absolute Gasteiger partial charge is 0.337 e. The second-order valence-corrected chi connectivity index (χ2v) is 5.92. The molecule has 0 spiro atoms. The monoisotopic (exact) mass is 276 g/mol. The van der Waals surface area contributed by atoms with Crippen LogP contribution in [-0.4, -0.2) is 17.6 Å². The largest absolute Gasteiger partial charge is 0.478 e. The fourth-order valence-electron chi connectivity index (χ4n) is 2.96. The van der Waals surface area contributed by atoms with Gasteiger partial charge in [0.2, 0.25) is 0 Å². The van der Waals surface area contributed by atoms with E-state index in [1.807, 2.05) is 0 Å². The van der Waals surface area contributed by atoms with Gasteiger partial charge in [0.15, 0.2) is 0 Å². The van der Waals surface area contributed by atoms with Gasteiger partial charge < -0.3 is 16.2 Å². The number of anilines is 2. The fourth-order valence-corrected chi connectivity index (χ4v) is 2.96. The Morgan fingerprint density at radius 1 is 1.35 bits per heavy atom. The van der Waals surface area contributed by atoms with Gasteiger partial charge in [-0.2, -0.15) is 0 Å². The SMILES string of the molecule is CC1CCC(CCNc2c(N)cccc2C(=O)O)CC1. The molecule has 0 aromatic heterocycles. The molecule has 1 aromatic rings. The van der Waals surface area contributed by atoms with E-state index in [1.165, 1.54) is 25.7 Å². The highest BCUT2D eigenvalue weighted by Gasteiger charge is 2.18. The van der Waals surface area contributed by atoms with E-state index in [0.717, 1.165) is 24.8 Å². The van der Waals surface area contributed by atoms with E-state index in [1.54, 1.807) is 18.2 Å². The molecule has 1 aliphatic carbocycles. The Morgan fingerprint density at radius 2 is 2.05 bits per heavy atom. The van der Waals surface area contributed by atoms with Crippen LogP contribution in [0.25, 0.3) is 0 Å². The van der Waals surface area contributed by atoms with Crippen LogP contribution >= 0.6 is 0 Å². The highest BCUT2D eigenvalue weighted by Crippen LogP contribution is 2.31. The lowest BCUT2D eigenvalue weighted by molar-refractivity contribution is 0.0698. The molecule has 0 bridgehead atoms. The number of carboxylic acids is 1. The zero-order valence-electron chi connectivity index (χ0n) is 12.1. The molecule has 0 saturated heterocycles. The molecular formula is C16H24N2O2. The summed E-state index contributed by atoms with van der Waals surface area (Å²) in [5, 5.41) is 12.4. The molecular weight excluding hydrogens is 252 g/mol. The van der Waals surface area contributed by atoms with Crippen LogP contribution in [0.2, 0.25) is 0 Å². The Balaban J connectivity index is 1.89. The summed E-state index contributed by atoms with van der Waals surface area (Å²) in [6, 6.07) is 4.99. The van der Waals surface area contributed by atoms with Gasteiger partial charge in [0.1, 0.15) is 0 Å². The van der Waals surface area contributed by atoms with Crippen molar-refractivity contribution in [2.45, 2.75) is 39.0 Å². The van der Waals surface area contributed by atoms with Crippen LogP contribution in [0.15, 0.2) is 18.2 Å². The molecule has 110 valence electrons. The number of hydrogen-bond donors (Lipinski definition) is 3. The van der Waals surface area contributed by atoms with E-state index in [4.69, 9.17) is 5.73 Å². The third-order valence-corrected chi connectivity index (χ3v) is 4.32. The van der Waals surface area contributed by atoms with Crippen molar-refractivity contribution in [1.29, 1.82) is 0 Å². The number of rotatable bonds is 5. The summed E-state index contributed by atoms with van der Waals surface area (Å²) in [5.74, 6) is 0.686. The maximum absolute atomic E-state index is 11.2. The van der Waals surface area contributed by atoms with E-state index in [0.29, 0.717) is 11.4 Å². The van der Waals surface area contributed by atoms with Crippen LogP contribution in [0.5, 0.6) is 0 Å². The molecule has 0 aliphatic heterocycles. The van der Waals surface area contributed by atoms with Crippen LogP contribution in [0, 0.1) is 11.8 Å². The molecule has 4 nitrogen and oxygen atoms in total. The summed E-state index contributed by atoms with van der Waals surface area (Å²) in [6.07, 6.45) is 6.30. The zero-order chi connectivity index (χ0) is 14.5. The molecule has 2 rings (SSSR count). The standard InChI is InChI=1S/C16H24N2O2/c1-11-5-7-12(8-6-11)9-10-18-15-13(16(19)20)3-2-4-14(15)17/h2-4,11-12,18H,5-10,17H2,1H3,(H,19,20). The second-order valence-electron chi connectivity index (χ2n) is 5.92. The van der Waals surface area contributed by atoms with Gasteiger partial charge in [-0.05, 0) is 30.4 Å². The lowest BCUT2D eigenvalue weighted by Gasteiger charge is -2.26. The number of para-hydroxylation sites is 1. The Bertz CT molecular complexity index is 466. The molecule has 4 heteroatoms. The summed E-state index contributed by atoms with van der Waals surface area (Å²) in [5.41, 5.74) is 7.18. The quantitative estimate of drug-likeness (QED) is 0.718. The predicted octanol–water partition coefficient (Wildman–Crippen LogP) is 3.60. The molecule has 0 amide bonds. The average Bonchev–Trinajstić information content (AvgIpc) is 2.42. The number of carboxylic acid groups (broad SMARTS) is 1. The second kappa shape index (κ2) is 6.64. The first-order valence-electron chi connectivity index (χ1n) is 7.43. The number of benzene rings is 1. The van der Waals surface area contributed by atoms with Crippen molar-refractivity contribution in [2.75, 3.05) is 17.6 Å². The maximum atomic E-state index is 11.2. The number of nitrogens with two attached hydrogens (primary N) is 1. The van der Waals surface area contributed by atoms with E-state index in [9.17, 15) is 9.90 Å². The van der Waals surface area contributed by atoms with Crippen molar-refractivity contribution in [3.05, 3.63) is 23.8 Å². The summed E-state index contributed by atoms with van der Waals surface area (Å²) < 4.78 is 0. The van der Waals surface area contributed by atoms with Crippen molar-refractivity contribution in [3.63, 3.8) is 0 Å². The highest BCUT2D eigenvalue weighted by molar-refractivity contribution is 5.97. The van der Waals surface area contributed by atoms with E-state index in [2.05, 4.69) is 12.2 Å². The summed E-state index contributed by atoms with van der Waals surface area (Å²) in [4.78, 5) is 11.2. The van der Waals surface area contributed by atoms with Crippen LogP contribution in [0.4, 0.5) is 11.4 Å².